The minimum absolute atomic E-state index is 0.0272. The van der Waals surface area contributed by atoms with Crippen LogP contribution in [-0.4, -0.2) is 40.9 Å². The molecular formula is C13H24F3NO. The molecule has 0 radical (unpaired) electrons. The van der Waals surface area contributed by atoms with Crippen LogP contribution >= 0.6 is 0 Å². The molecule has 108 valence electrons. The van der Waals surface area contributed by atoms with Crippen molar-refractivity contribution in [2.24, 2.45) is 5.92 Å². The third kappa shape index (κ3) is 3.38. The van der Waals surface area contributed by atoms with Crippen LogP contribution in [0.25, 0.3) is 0 Å². The summed E-state index contributed by atoms with van der Waals surface area (Å²) in [6.07, 6.45) is -3.52. The van der Waals surface area contributed by atoms with Crippen LogP contribution in [0.5, 0.6) is 0 Å². The Bertz CT molecular complexity index is 278. The highest BCUT2D eigenvalue weighted by Crippen LogP contribution is 2.41. The van der Waals surface area contributed by atoms with Gasteiger partial charge in [0.25, 0.3) is 0 Å². The fourth-order valence-electron chi connectivity index (χ4n) is 2.63. The molecule has 0 saturated heterocycles. The largest absolute Gasteiger partial charge is 0.393 e. The molecule has 2 nitrogen and oxygen atoms in total. The van der Waals surface area contributed by atoms with Crippen LogP contribution in [0.2, 0.25) is 0 Å². The summed E-state index contributed by atoms with van der Waals surface area (Å²) in [4.78, 5) is 1.80. The van der Waals surface area contributed by atoms with Crippen LogP contribution in [0.3, 0.4) is 0 Å². The Morgan fingerprint density at radius 2 is 1.78 bits per heavy atom. The zero-order valence-electron chi connectivity index (χ0n) is 11.6. The van der Waals surface area contributed by atoms with E-state index in [2.05, 4.69) is 0 Å². The Hall–Kier alpha value is -0.290. The van der Waals surface area contributed by atoms with Crippen molar-refractivity contribution in [1.29, 1.82) is 0 Å². The Morgan fingerprint density at radius 3 is 2.22 bits per heavy atom. The highest BCUT2D eigenvalue weighted by Gasteiger charge is 2.50. The predicted octanol–water partition coefficient (Wildman–Crippen LogP) is 3.20. The van der Waals surface area contributed by atoms with E-state index in [0.29, 0.717) is 0 Å². The van der Waals surface area contributed by atoms with Gasteiger partial charge in [-0.1, -0.05) is 6.92 Å². The second kappa shape index (κ2) is 5.37. The van der Waals surface area contributed by atoms with Gasteiger partial charge in [-0.2, -0.15) is 13.2 Å². The van der Waals surface area contributed by atoms with Gasteiger partial charge in [0.1, 0.15) is 0 Å². The monoisotopic (exact) mass is 267 g/mol. The molecule has 0 aliphatic heterocycles. The molecule has 0 amide bonds. The van der Waals surface area contributed by atoms with Crippen molar-refractivity contribution in [3.05, 3.63) is 0 Å². The van der Waals surface area contributed by atoms with Crippen LogP contribution in [0.4, 0.5) is 13.2 Å². The number of hydrogen-bond acceptors (Lipinski definition) is 2. The molecule has 0 aromatic carbocycles. The molecule has 1 rings (SSSR count). The molecule has 18 heavy (non-hydrogen) atoms. The average molecular weight is 267 g/mol. The van der Waals surface area contributed by atoms with Gasteiger partial charge < -0.3 is 5.11 Å². The maximum absolute atomic E-state index is 13.1. The summed E-state index contributed by atoms with van der Waals surface area (Å²) in [6, 6.07) is -0.622. The lowest BCUT2D eigenvalue weighted by Crippen LogP contribution is -2.55. The van der Waals surface area contributed by atoms with Crippen molar-refractivity contribution in [2.45, 2.75) is 70.3 Å². The van der Waals surface area contributed by atoms with E-state index in [4.69, 9.17) is 0 Å². The first-order valence-electron chi connectivity index (χ1n) is 6.57. The standard InChI is InChI=1S/C13H24F3NO/c1-5-12(2,3)17(4)11-8-9(18)6-7-10(11)13(14,15)16/h9-11,18H,5-8H2,1-4H3. The second-order valence-corrected chi connectivity index (χ2v) is 5.96. The lowest BCUT2D eigenvalue weighted by atomic mass is 9.79. The molecule has 0 heterocycles. The average Bonchev–Trinajstić information content (AvgIpc) is 2.26. The van der Waals surface area contributed by atoms with Gasteiger partial charge in [0.15, 0.2) is 0 Å². The van der Waals surface area contributed by atoms with E-state index < -0.39 is 24.2 Å². The molecule has 1 aliphatic carbocycles. The van der Waals surface area contributed by atoms with Gasteiger partial charge in [-0.3, -0.25) is 4.90 Å². The number of halogens is 3. The Balaban J connectivity index is 2.92. The van der Waals surface area contributed by atoms with Gasteiger partial charge in [0.2, 0.25) is 0 Å². The Kier molecular flexibility index (Phi) is 4.70. The SMILES string of the molecule is CCC(C)(C)N(C)C1CC(O)CCC1C(F)(F)F. The topological polar surface area (TPSA) is 23.5 Å². The van der Waals surface area contributed by atoms with E-state index in [1.807, 2.05) is 20.8 Å². The number of alkyl halides is 3. The maximum Gasteiger partial charge on any atom is 0.393 e. The van der Waals surface area contributed by atoms with Gasteiger partial charge in [-0.05, 0) is 46.6 Å². The summed E-state index contributed by atoms with van der Waals surface area (Å²) >= 11 is 0. The molecule has 0 aromatic rings. The molecule has 3 unspecified atom stereocenters. The van der Waals surface area contributed by atoms with E-state index in [1.165, 1.54) is 0 Å². The molecule has 1 saturated carbocycles. The van der Waals surface area contributed by atoms with Crippen LogP contribution in [-0.2, 0) is 0 Å². The summed E-state index contributed by atoms with van der Waals surface area (Å²) in [5.41, 5.74) is -0.286. The van der Waals surface area contributed by atoms with Crippen molar-refractivity contribution >= 4 is 0 Å². The molecule has 0 aromatic heterocycles. The molecule has 3 atom stereocenters. The highest BCUT2D eigenvalue weighted by molar-refractivity contribution is 4.94. The molecule has 1 fully saturated rings. The first kappa shape index (κ1) is 15.8. The summed E-state index contributed by atoms with van der Waals surface area (Å²) < 4.78 is 39.2. The van der Waals surface area contributed by atoms with Crippen LogP contribution in [0.15, 0.2) is 0 Å². The van der Waals surface area contributed by atoms with E-state index in [1.54, 1.807) is 11.9 Å². The summed E-state index contributed by atoms with van der Waals surface area (Å²) in [6.45, 7) is 5.86. The Morgan fingerprint density at radius 1 is 1.22 bits per heavy atom. The summed E-state index contributed by atoms with van der Waals surface area (Å²) in [7, 11) is 1.74. The van der Waals surface area contributed by atoms with E-state index in [0.717, 1.165) is 6.42 Å². The van der Waals surface area contributed by atoms with E-state index in [9.17, 15) is 18.3 Å². The molecule has 5 heteroatoms. The number of rotatable bonds is 3. The van der Waals surface area contributed by atoms with E-state index in [-0.39, 0.29) is 24.8 Å². The van der Waals surface area contributed by atoms with Gasteiger partial charge in [-0.25, -0.2) is 0 Å². The van der Waals surface area contributed by atoms with Gasteiger partial charge in [0, 0.05) is 11.6 Å². The van der Waals surface area contributed by atoms with Crippen LogP contribution in [0, 0.1) is 5.92 Å². The van der Waals surface area contributed by atoms with Crippen molar-refractivity contribution in [3.63, 3.8) is 0 Å². The minimum atomic E-state index is -4.18. The smallest absolute Gasteiger partial charge is 0.393 e. The summed E-state index contributed by atoms with van der Waals surface area (Å²) in [5, 5.41) is 9.66. The number of aliphatic hydroxyl groups excluding tert-OH is 1. The lowest BCUT2D eigenvalue weighted by Gasteiger charge is -2.47. The maximum atomic E-state index is 13.1. The van der Waals surface area contributed by atoms with Gasteiger partial charge in [-0.15, -0.1) is 0 Å². The molecule has 1 aliphatic rings. The third-order valence-electron chi connectivity index (χ3n) is 4.53. The minimum Gasteiger partial charge on any atom is -0.393 e. The highest BCUT2D eigenvalue weighted by atomic mass is 19.4. The molecule has 1 N–H and O–H groups in total. The number of hydrogen-bond donors (Lipinski definition) is 1. The summed E-state index contributed by atoms with van der Waals surface area (Å²) in [5.74, 6) is -1.32. The lowest BCUT2D eigenvalue weighted by molar-refractivity contribution is -0.208. The fraction of sp³-hybridized carbons (Fsp3) is 1.00. The predicted molar refractivity (Wildman–Crippen MR) is 65.3 cm³/mol. The third-order valence-corrected chi connectivity index (χ3v) is 4.53. The normalized spacial score (nSPS) is 30.8. The zero-order valence-corrected chi connectivity index (χ0v) is 11.6. The molecule has 0 spiro atoms. The van der Waals surface area contributed by atoms with E-state index >= 15 is 0 Å². The van der Waals surface area contributed by atoms with Crippen LogP contribution in [0.1, 0.15) is 46.5 Å². The van der Waals surface area contributed by atoms with Crippen molar-refractivity contribution in [2.75, 3.05) is 7.05 Å². The van der Waals surface area contributed by atoms with Gasteiger partial charge >= 0.3 is 6.18 Å². The fourth-order valence-corrected chi connectivity index (χ4v) is 2.63. The Labute approximate surface area is 107 Å². The van der Waals surface area contributed by atoms with Crippen LogP contribution < -0.4 is 0 Å². The van der Waals surface area contributed by atoms with Crippen molar-refractivity contribution < 1.29 is 18.3 Å². The zero-order chi connectivity index (χ0) is 14.1. The first-order valence-corrected chi connectivity index (χ1v) is 6.57. The van der Waals surface area contributed by atoms with Crippen molar-refractivity contribution in [1.82, 2.24) is 4.90 Å². The van der Waals surface area contributed by atoms with Gasteiger partial charge in [0.05, 0.1) is 12.0 Å². The second-order valence-electron chi connectivity index (χ2n) is 5.96. The van der Waals surface area contributed by atoms with Crippen molar-refractivity contribution in [3.8, 4) is 0 Å². The molecule has 0 bridgehead atoms. The quantitative estimate of drug-likeness (QED) is 0.849. The number of nitrogens with zero attached hydrogens (tertiary/aromatic N) is 1. The molecular weight excluding hydrogens is 243 g/mol. The number of aliphatic hydroxyl groups is 1. The first-order chi connectivity index (χ1) is 8.09.